The molecule has 0 atom stereocenters. The first-order valence-electron chi connectivity index (χ1n) is 5.04. The van der Waals surface area contributed by atoms with Crippen molar-refractivity contribution in [3.05, 3.63) is 12.0 Å². The second kappa shape index (κ2) is 4.61. The number of hydrogen-bond acceptors (Lipinski definition) is 5. The van der Waals surface area contributed by atoms with E-state index in [4.69, 9.17) is 5.84 Å². The van der Waals surface area contributed by atoms with Crippen LogP contribution in [0.1, 0.15) is 20.8 Å². The lowest BCUT2D eigenvalue weighted by molar-refractivity contribution is 0.415. The van der Waals surface area contributed by atoms with Gasteiger partial charge in [0.15, 0.2) is 11.6 Å². The SMILES string of the molecule is CN(CC(C)(C)C)c1nc(NN)ncc1F. The molecule has 0 unspecified atom stereocenters. The molecule has 0 saturated heterocycles. The van der Waals surface area contributed by atoms with Crippen LogP contribution in [0.15, 0.2) is 6.20 Å². The van der Waals surface area contributed by atoms with E-state index < -0.39 is 5.82 Å². The van der Waals surface area contributed by atoms with Crippen molar-refractivity contribution in [1.82, 2.24) is 9.97 Å². The quantitative estimate of drug-likeness (QED) is 0.603. The number of hydrogen-bond donors (Lipinski definition) is 2. The summed E-state index contributed by atoms with van der Waals surface area (Å²) in [5, 5.41) is 0. The molecule has 3 N–H and O–H groups in total. The highest BCUT2D eigenvalue weighted by Gasteiger charge is 2.18. The summed E-state index contributed by atoms with van der Waals surface area (Å²) < 4.78 is 13.5. The first kappa shape index (κ1) is 12.6. The number of aromatic nitrogens is 2. The zero-order chi connectivity index (χ0) is 12.3. The summed E-state index contributed by atoms with van der Waals surface area (Å²) in [7, 11) is 1.79. The predicted octanol–water partition coefficient (Wildman–Crippen LogP) is 1.38. The van der Waals surface area contributed by atoms with E-state index >= 15 is 0 Å². The molecule has 5 nitrogen and oxygen atoms in total. The van der Waals surface area contributed by atoms with Crippen LogP contribution in [0.2, 0.25) is 0 Å². The van der Waals surface area contributed by atoms with Gasteiger partial charge in [-0.2, -0.15) is 4.98 Å². The lowest BCUT2D eigenvalue weighted by Gasteiger charge is -2.27. The molecule has 0 fully saturated rings. The Balaban J connectivity index is 2.93. The van der Waals surface area contributed by atoms with E-state index in [2.05, 4.69) is 36.2 Å². The molecular weight excluding hydrogens is 209 g/mol. The van der Waals surface area contributed by atoms with Gasteiger partial charge < -0.3 is 4.90 Å². The van der Waals surface area contributed by atoms with Crippen LogP contribution < -0.4 is 16.2 Å². The Morgan fingerprint density at radius 3 is 2.62 bits per heavy atom. The van der Waals surface area contributed by atoms with Crippen molar-refractivity contribution in [2.24, 2.45) is 11.3 Å². The second-order valence-electron chi connectivity index (χ2n) is 4.93. The van der Waals surface area contributed by atoms with Crippen molar-refractivity contribution in [1.29, 1.82) is 0 Å². The third kappa shape index (κ3) is 3.30. The van der Waals surface area contributed by atoms with E-state index in [0.717, 1.165) is 6.20 Å². The number of rotatable bonds is 3. The van der Waals surface area contributed by atoms with Gasteiger partial charge in [0, 0.05) is 13.6 Å². The number of hydrazine groups is 1. The van der Waals surface area contributed by atoms with Crippen LogP contribution in [0.25, 0.3) is 0 Å². The van der Waals surface area contributed by atoms with Crippen LogP contribution in [-0.2, 0) is 0 Å². The number of nitrogen functional groups attached to an aromatic ring is 1. The molecule has 0 aliphatic rings. The maximum Gasteiger partial charge on any atom is 0.239 e. The molecule has 6 heteroatoms. The van der Waals surface area contributed by atoms with Gasteiger partial charge in [-0.1, -0.05) is 20.8 Å². The van der Waals surface area contributed by atoms with Gasteiger partial charge in [0.2, 0.25) is 5.95 Å². The Bertz CT molecular complexity index is 361. The summed E-state index contributed by atoms with van der Waals surface area (Å²) in [5.74, 6) is 5.18. The molecule has 0 aliphatic heterocycles. The summed E-state index contributed by atoms with van der Waals surface area (Å²) in [6, 6.07) is 0. The van der Waals surface area contributed by atoms with Gasteiger partial charge >= 0.3 is 0 Å². The average Bonchev–Trinajstić information content (AvgIpc) is 2.15. The molecule has 16 heavy (non-hydrogen) atoms. The van der Waals surface area contributed by atoms with Crippen molar-refractivity contribution < 1.29 is 4.39 Å². The van der Waals surface area contributed by atoms with Crippen molar-refractivity contribution in [2.45, 2.75) is 20.8 Å². The number of nitrogens with one attached hydrogen (secondary N) is 1. The number of halogens is 1. The molecule has 0 bridgehead atoms. The predicted molar refractivity (Wildman–Crippen MR) is 62.5 cm³/mol. The molecule has 1 aromatic rings. The molecule has 0 aliphatic carbocycles. The number of nitrogens with two attached hydrogens (primary N) is 1. The third-order valence-electron chi connectivity index (χ3n) is 1.93. The normalized spacial score (nSPS) is 11.4. The van der Waals surface area contributed by atoms with Gasteiger partial charge in [0.05, 0.1) is 6.20 Å². The monoisotopic (exact) mass is 227 g/mol. The minimum absolute atomic E-state index is 0.0580. The van der Waals surface area contributed by atoms with Crippen molar-refractivity contribution >= 4 is 11.8 Å². The van der Waals surface area contributed by atoms with E-state index in [0.29, 0.717) is 6.54 Å². The Morgan fingerprint density at radius 2 is 2.12 bits per heavy atom. The van der Waals surface area contributed by atoms with Gasteiger partial charge in [-0.15, -0.1) is 0 Å². The molecule has 0 amide bonds. The Kier molecular flexibility index (Phi) is 3.64. The Labute approximate surface area is 94.8 Å². The van der Waals surface area contributed by atoms with Crippen LogP contribution >= 0.6 is 0 Å². The zero-order valence-corrected chi connectivity index (χ0v) is 10.1. The summed E-state index contributed by atoms with van der Waals surface area (Å²) >= 11 is 0. The fraction of sp³-hybridized carbons (Fsp3) is 0.600. The molecule has 1 aromatic heterocycles. The molecule has 1 rings (SSSR count). The van der Waals surface area contributed by atoms with Crippen LogP contribution in [0.5, 0.6) is 0 Å². The third-order valence-corrected chi connectivity index (χ3v) is 1.93. The summed E-state index contributed by atoms with van der Waals surface area (Å²) in [6.45, 7) is 6.91. The molecule has 0 aromatic carbocycles. The average molecular weight is 227 g/mol. The van der Waals surface area contributed by atoms with E-state index in [9.17, 15) is 4.39 Å². The summed E-state index contributed by atoms with van der Waals surface area (Å²) in [6.07, 6.45) is 1.11. The maximum absolute atomic E-state index is 13.5. The van der Waals surface area contributed by atoms with Crippen LogP contribution in [0, 0.1) is 11.2 Å². The van der Waals surface area contributed by atoms with Gasteiger partial charge in [0.1, 0.15) is 0 Å². The highest BCUT2D eigenvalue weighted by Crippen LogP contribution is 2.21. The van der Waals surface area contributed by atoms with Gasteiger partial charge in [-0.3, -0.25) is 5.43 Å². The number of anilines is 2. The molecule has 1 heterocycles. The first-order valence-corrected chi connectivity index (χ1v) is 5.04. The first-order chi connectivity index (χ1) is 7.33. The van der Waals surface area contributed by atoms with Gasteiger partial charge in [-0.05, 0) is 5.41 Å². The van der Waals surface area contributed by atoms with Crippen LogP contribution in [0.4, 0.5) is 16.2 Å². The second-order valence-corrected chi connectivity index (χ2v) is 4.93. The Morgan fingerprint density at radius 1 is 1.50 bits per heavy atom. The van der Waals surface area contributed by atoms with E-state index in [1.165, 1.54) is 0 Å². The molecule has 0 radical (unpaired) electrons. The summed E-state index contributed by atoms with van der Waals surface area (Å²) in [4.78, 5) is 9.41. The summed E-state index contributed by atoms with van der Waals surface area (Å²) in [5.41, 5.74) is 2.35. The minimum atomic E-state index is -0.453. The van der Waals surface area contributed by atoms with Crippen molar-refractivity contribution in [3.63, 3.8) is 0 Å². The fourth-order valence-corrected chi connectivity index (χ4v) is 1.48. The Hall–Kier alpha value is -1.43. The molecule has 0 spiro atoms. The van der Waals surface area contributed by atoms with Crippen molar-refractivity contribution in [3.8, 4) is 0 Å². The van der Waals surface area contributed by atoms with E-state index in [1.807, 2.05) is 0 Å². The van der Waals surface area contributed by atoms with Crippen LogP contribution in [0.3, 0.4) is 0 Å². The smallest absolute Gasteiger partial charge is 0.239 e. The lowest BCUT2D eigenvalue weighted by Crippen LogP contribution is -2.30. The fourth-order valence-electron chi connectivity index (χ4n) is 1.48. The topological polar surface area (TPSA) is 67.1 Å². The van der Waals surface area contributed by atoms with Gasteiger partial charge in [-0.25, -0.2) is 15.2 Å². The van der Waals surface area contributed by atoms with Crippen molar-refractivity contribution in [2.75, 3.05) is 23.9 Å². The highest BCUT2D eigenvalue weighted by atomic mass is 19.1. The maximum atomic E-state index is 13.5. The van der Waals surface area contributed by atoms with E-state index in [-0.39, 0.29) is 17.2 Å². The molecular formula is C10H18FN5. The molecule has 90 valence electrons. The van der Waals surface area contributed by atoms with Crippen LogP contribution in [-0.4, -0.2) is 23.6 Å². The highest BCUT2D eigenvalue weighted by molar-refractivity contribution is 5.42. The lowest BCUT2D eigenvalue weighted by atomic mass is 9.96. The van der Waals surface area contributed by atoms with E-state index in [1.54, 1.807) is 11.9 Å². The largest absolute Gasteiger partial charge is 0.357 e. The number of nitrogens with zero attached hydrogens (tertiary/aromatic N) is 3. The van der Waals surface area contributed by atoms with Gasteiger partial charge in [0.25, 0.3) is 0 Å². The zero-order valence-electron chi connectivity index (χ0n) is 10.1. The molecule has 0 saturated carbocycles. The standard InChI is InChI=1S/C10H18FN5/c1-10(2,3)6-16(4)8-7(11)5-13-9(14-8)15-12/h5H,6,12H2,1-4H3,(H,13,14,15). The minimum Gasteiger partial charge on any atom is -0.357 e.